The number of aromatic nitrogens is 1. The number of carbonyl (C=O) groups excluding carboxylic acids is 4. The summed E-state index contributed by atoms with van der Waals surface area (Å²) < 4.78 is 68.5. The van der Waals surface area contributed by atoms with Crippen LogP contribution < -0.4 is 20.1 Å². The van der Waals surface area contributed by atoms with E-state index in [0.29, 0.717) is 47.4 Å². The van der Waals surface area contributed by atoms with Gasteiger partial charge in [-0.25, -0.2) is 27.0 Å². The van der Waals surface area contributed by atoms with E-state index in [1.165, 1.54) is 41.3 Å². The molecular formula is C39H45F2N5O8S. The predicted octanol–water partition coefficient (Wildman–Crippen LogP) is 4.91. The largest absolute Gasteiger partial charge is 0.472 e. The number of halogens is 2. The summed E-state index contributed by atoms with van der Waals surface area (Å²) >= 11 is 0. The van der Waals surface area contributed by atoms with Crippen molar-refractivity contribution in [3.63, 3.8) is 0 Å². The highest BCUT2D eigenvalue weighted by Gasteiger charge is 2.62. The maximum atomic E-state index is 14.5. The van der Waals surface area contributed by atoms with Gasteiger partial charge in [-0.3, -0.25) is 19.1 Å². The molecule has 7 rings (SSSR count). The fraction of sp³-hybridized carbons (Fsp3) is 0.513. The van der Waals surface area contributed by atoms with E-state index in [1.807, 2.05) is 12.2 Å². The van der Waals surface area contributed by atoms with E-state index >= 15 is 0 Å². The lowest BCUT2D eigenvalue weighted by Gasteiger charge is -2.30. The molecule has 3 N–H and O–H groups in total. The summed E-state index contributed by atoms with van der Waals surface area (Å²) in [5, 5.41) is 5.96. The Hall–Kier alpha value is -4.86. The van der Waals surface area contributed by atoms with Crippen LogP contribution in [-0.2, 0) is 29.1 Å². The normalized spacial score (nSPS) is 26.3. The summed E-state index contributed by atoms with van der Waals surface area (Å²) in [7, 11) is -3.93. The molecule has 5 atom stereocenters. The van der Waals surface area contributed by atoms with E-state index in [-0.39, 0.29) is 31.7 Å². The topological polar surface area (TPSA) is 173 Å². The lowest BCUT2D eigenvalue weighted by atomic mass is 10.0. The van der Waals surface area contributed by atoms with Crippen molar-refractivity contribution in [1.29, 1.82) is 0 Å². The van der Waals surface area contributed by atoms with Crippen molar-refractivity contribution in [3.8, 4) is 5.88 Å². The van der Waals surface area contributed by atoms with Gasteiger partial charge >= 0.3 is 6.09 Å². The number of pyridine rings is 1. The van der Waals surface area contributed by atoms with Gasteiger partial charge in [-0.1, -0.05) is 25.0 Å². The average molecular weight is 782 g/mol. The van der Waals surface area contributed by atoms with Crippen molar-refractivity contribution in [3.05, 3.63) is 60.2 Å². The van der Waals surface area contributed by atoms with Gasteiger partial charge in [0.25, 0.3) is 5.91 Å². The van der Waals surface area contributed by atoms with Crippen LogP contribution in [0.1, 0.15) is 78.6 Å². The standard InChI is InChI=1S/C39H45F2N5O8S/c1-38(2,3)54-37(50)43-31-10-8-6-4-5-7-9-22-20-39(22,36(49)45-55(51,52)26-13-14-26)44-33(47)32-19-25(21-46(32)35(31)48)53-34-27-15-11-23(40)17-28(27)29-18-24(41)12-16-30(29)42-34/h7,9,11-12,15-18,22,25-26,31-32H,4-6,8,10,13-14,19-21H2,1-3H3,(H,43,50)(H,44,47)(H,45,49)/t22-,25-,31+,32+,39-/m1/s1. The van der Waals surface area contributed by atoms with E-state index in [9.17, 15) is 36.4 Å². The third-order valence-corrected chi connectivity index (χ3v) is 12.3. The molecule has 4 amide bonds. The first-order valence-corrected chi connectivity index (χ1v) is 20.3. The van der Waals surface area contributed by atoms with Crippen LogP contribution in [0.4, 0.5) is 13.6 Å². The van der Waals surface area contributed by atoms with Crippen LogP contribution in [0.25, 0.3) is 21.7 Å². The Kier molecular flexibility index (Phi) is 10.2. The minimum Gasteiger partial charge on any atom is -0.472 e. The average Bonchev–Trinajstić information content (AvgIpc) is 4.03. The van der Waals surface area contributed by atoms with E-state index in [4.69, 9.17) is 9.47 Å². The molecule has 2 saturated carbocycles. The molecule has 0 unspecified atom stereocenters. The number of amides is 4. The lowest BCUT2D eigenvalue weighted by molar-refractivity contribution is -0.141. The fourth-order valence-corrected chi connectivity index (χ4v) is 8.83. The number of rotatable bonds is 6. The van der Waals surface area contributed by atoms with Crippen LogP contribution in [0.15, 0.2) is 48.6 Å². The van der Waals surface area contributed by atoms with Crippen LogP contribution in [0.3, 0.4) is 0 Å². The van der Waals surface area contributed by atoms with Crippen LogP contribution in [-0.4, -0.2) is 83.2 Å². The molecule has 3 fully saturated rings. The van der Waals surface area contributed by atoms with Gasteiger partial charge in [-0.05, 0) is 101 Å². The summed E-state index contributed by atoms with van der Waals surface area (Å²) in [6.07, 6.45) is 6.02. The molecule has 0 radical (unpaired) electrons. The Balaban J connectivity index is 1.23. The minimum absolute atomic E-state index is 0.0683. The van der Waals surface area contributed by atoms with Crippen molar-refractivity contribution < 1.29 is 45.9 Å². The number of hydrogen-bond donors (Lipinski definition) is 3. The monoisotopic (exact) mass is 781 g/mol. The van der Waals surface area contributed by atoms with Gasteiger partial charge in [-0.15, -0.1) is 0 Å². The van der Waals surface area contributed by atoms with Gasteiger partial charge in [0.15, 0.2) is 0 Å². The highest BCUT2D eigenvalue weighted by Crippen LogP contribution is 2.46. The molecule has 2 aromatic carbocycles. The second kappa shape index (κ2) is 14.7. The van der Waals surface area contributed by atoms with Crippen molar-refractivity contribution >= 4 is 55.5 Å². The third kappa shape index (κ3) is 8.38. The molecular weight excluding hydrogens is 737 g/mol. The zero-order valence-corrected chi connectivity index (χ0v) is 31.7. The van der Waals surface area contributed by atoms with Gasteiger partial charge in [0.2, 0.25) is 27.7 Å². The third-order valence-electron chi connectivity index (χ3n) is 10.5. The predicted molar refractivity (Wildman–Crippen MR) is 198 cm³/mol. The van der Waals surface area contributed by atoms with Gasteiger partial charge < -0.3 is 25.0 Å². The van der Waals surface area contributed by atoms with Crippen LogP contribution in [0.2, 0.25) is 0 Å². The molecule has 0 bridgehead atoms. The van der Waals surface area contributed by atoms with E-state index < -0.39 is 86.0 Å². The highest BCUT2D eigenvalue weighted by atomic mass is 32.2. The molecule has 1 aromatic heterocycles. The molecule has 4 aliphatic rings. The van der Waals surface area contributed by atoms with E-state index in [0.717, 1.165) is 12.8 Å². The number of ether oxygens (including phenoxy) is 2. The lowest BCUT2D eigenvalue weighted by Crippen LogP contribution is -2.58. The number of nitrogens with one attached hydrogen (secondary N) is 3. The molecule has 13 nitrogen and oxygen atoms in total. The SMILES string of the molecule is CC(C)(C)OC(=O)N[C@H]1CCCCCC=C[C@@H]2C[C@@]2(C(=O)NS(=O)(=O)C2CC2)NC(=O)[C@@H]2C[C@@H](Oc3nc4ccc(F)cc4c4cc(F)ccc34)CN2C1=O. The van der Waals surface area contributed by atoms with Crippen molar-refractivity contribution in [1.82, 2.24) is 25.2 Å². The van der Waals surface area contributed by atoms with E-state index in [2.05, 4.69) is 20.3 Å². The van der Waals surface area contributed by atoms with Gasteiger partial charge in [0, 0.05) is 23.1 Å². The Bertz CT molecular complexity index is 2190. The first kappa shape index (κ1) is 38.4. The number of allylic oxidation sites excluding steroid dienone is 1. The number of sulfonamides is 1. The summed E-state index contributed by atoms with van der Waals surface area (Å²) in [6.45, 7) is 4.96. The Labute approximate surface area is 317 Å². The van der Waals surface area contributed by atoms with Gasteiger partial charge in [-0.2, -0.15) is 0 Å². The first-order chi connectivity index (χ1) is 26.0. The number of benzene rings is 2. The summed E-state index contributed by atoms with van der Waals surface area (Å²) in [6, 6.07) is 5.57. The smallest absolute Gasteiger partial charge is 0.408 e. The minimum atomic E-state index is -3.93. The maximum absolute atomic E-state index is 14.5. The van der Waals surface area contributed by atoms with Crippen LogP contribution >= 0.6 is 0 Å². The number of hydrogen-bond acceptors (Lipinski definition) is 9. The molecule has 3 aromatic rings. The second-order valence-electron chi connectivity index (χ2n) is 16.0. The zero-order chi connectivity index (χ0) is 39.3. The second-order valence-corrected chi connectivity index (χ2v) is 17.9. The van der Waals surface area contributed by atoms with E-state index in [1.54, 1.807) is 20.8 Å². The fourth-order valence-electron chi connectivity index (χ4n) is 7.46. The highest BCUT2D eigenvalue weighted by molar-refractivity contribution is 7.91. The van der Waals surface area contributed by atoms with Crippen molar-refractivity contribution in [2.75, 3.05) is 6.54 Å². The summed E-state index contributed by atoms with van der Waals surface area (Å²) in [5.41, 5.74) is -2.08. The van der Waals surface area contributed by atoms with Crippen LogP contribution in [0.5, 0.6) is 5.88 Å². The molecule has 2 aliphatic carbocycles. The van der Waals surface area contributed by atoms with Gasteiger partial charge in [0.05, 0.1) is 17.3 Å². The molecule has 2 aliphatic heterocycles. The number of nitrogens with zero attached hydrogens (tertiary/aromatic N) is 2. The zero-order valence-electron chi connectivity index (χ0n) is 30.9. The quantitative estimate of drug-likeness (QED) is 0.232. The summed E-state index contributed by atoms with van der Waals surface area (Å²) in [5.74, 6) is -3.59. The first-order valence-electron chi connectivity index (χ1n) is 18.7. The number of fused-ring (bicyclic) bond motifs is 5. The Morgan fingerprint density at radius 2 is 1.71 bits per heavy atom. The molecule has 3 heterocycles. The molecule has 55 heavy (non-hydrogen) atoms. The van der Waals surface area contributed by atoms with Gasteiger partial charge in [0.1, 0.15) is 41.0 Å². The molecule has 1 saturated heterocycles. The molecule has 16 heteroatoms. The number of alkyl carbamates (subject to hydrolysis) is 1. The molecule has 294 valence electrons. The van der Waals surface area contributed by atoms with Crippen LogP contribution in [0, 0.1) is 17.6 Å². The Morgan fingerprint density at radius 1 is 0.982 bits per heavy atom. The van der Waals surface area contributed by atoms with Crippen molar-refractivity contribution in [2.45, 2.75) is 113 Å². The molecule has 0 spiro atoms. The Morgan fingerprint density at radius 3 is 2.44 bits per heavy atom. The maximum Gasteiger partial charge on any atom is 0.408 e. The summed E-state index contributed by atoms with van der Waals surface area (Å²) in [4.78, 5) is 61.5. The van der Waals surface area contributed by atoms with Crippen molar-refractivity contribution in [2.24, 2.45) is 5.92 Å². The number of carbonyl (C=O) groups is 4.